The molecule has 7 nitrogen and oxygen atoms in total. The Labute approximate surface area is 148 Å². The van der Waals surface area contributed by atoms with Crippen molar-refractivity contribution in [1.82, 2.24) is 9.62 Å². The Morgan fingerprint density at radius 2 is 2.00 bits per heavy atom. The molecule has 2 rings (SSSR count). The van der Waals surface area contributed by atoms with Crippen LogP contribution in [0.1, 0.15) is 18.9 Å². The average molecular weight is 368 g/mol. The number of nitrogens with zero attached hydrogens (tertiary/aromatic N) is 1. The maximum absolute atomic E-state index is 13.0. The van der Waals surface area contributed by atoms with E-state index in [2.05, 4.69) is 5.32 Å². The zero-order chi connectivity index (χ0) is 18.6. The number of urea groups is 1. The zero-order valence-corrected chi connectivity index (χ0v) is 15.4. The van der Waals surface area contributed by atoms with Gasteiger partial charge in [0.05, 0.1) is 4.90 Å². The van der Waals surface area contributed by atoms with E-state index in [1.807, 2.05) is 26.0 Å². The van der Waals surface area contributed by atoms with Crippen molar-refractivity contribution in [2.45, 2.75) is 37.4 Å². The van der Waals surface area contributed by atoms with Gasteiger partial charge in [-0.15, -0.1) is 0 Å². The highest BCUT2D eigenvalue weighted by Gasteiger charge is 2.49. The van der Waals surface area contributed by atoms with Crippen LogP contribution in [-0.4, -0.2) is 49.8 Å². The highest BCUT2D eigenvalue weighted by atomic mass is 32.2. The minimum absolute atomic E-state index is 0.0257. The fourth-order valence-electron chi connectivity index (χ4n) is 2.89. The molecule has 0 aliphatic carbocycles. The molecule has 1 saturated heterocycles. The molecule has 0 unspecified atom stereocenters. The van der Waals surface area contributed by atoms with Gasteiger partial charge in [-0.1, -0.05) is 29.8 Å². The first-order valence-electron chi connectivity index (χ1n) is 8.03. The Balaban J connectivity index is 2.46. The summed E-state index contributed by atoms with van der Waals surface area (Å²) in [5, 5.41) is 12.3. The lowest BCUT2D eigenvalue weighted by Gasteiger charge is -2.30. The number of hydrogen-bond acceptors (Lipinski definition) is 5. The van der Waals surface area contributed by atoms with Crippen LogP contribution in [0.25, 0.3) is 0 Å². The van der Waals surface area contributed by atoms with Gasteiger partial charge in [0.15, 0.2) is 6.23 Å². The Kier molecular flexibility index (Phi) is 6.21. The molecule has 2 amide bonds. The first kappa shape index (κ1) is 19.4. The van der Waals surface area contributed by atoms with Gasteiger partial charge in [0.25, 0.3) is 10.0 Å². The third-order valence-corrected chi connectivity index (χ3v) is 6.07. The van der Waals surface area contributed by atoms with Crippen LogP contribution in [0.5, 0.6) is 0 Å². The van der Waals surface area contributed by atoms with Crippen LogP contribution in [0.2, 0.25) is 0 Å². The van der Waals surface area contributed by atoms with Gasteiger partial charge in [-0.05, 0) is 32.4 Å². The average Bonchev–Trinajstić information content (AvgIpc) is 2.93. The lowest BCUT2D eigenvalue weighted by atomic mass is 9.96. The van der Waals surface area contributed by atoms with E-state index in [9.17, 15) is 18.3 Å². The van der Waals surface area contributed by atoms with Crippen LogP contribution >= 0.6 is 0 Å². The number of allylic oxidation sites excluding steroid dienone is 2. The molecule has 1 aliphatic heterocycles. The smallest absolute Gasteiger partial charge is 0.333 e. The van der Waals surface area contributed by atoms with Gasteiger partial charge in [0.2, 0.25) is 0 Å². The maximum Gasteiger partial charge on any atom is 0.333 e. The highest BCUT2D eigenvalue weighted by molar-refractivity contribution is 7.89. The molecule has 1 fully saturated rings. The number of carbonyl (C=O) groups is 1. The van der Waals surface area contributed by atoms with E-state index in [1.165, 1.54) is 19.2 Å². The molecular weight excluding hydrogens is 344 g/mol. The molecule has 1 aromatic carbocycles. The molecule has 1 aliphatic rings. The van der Waals surface area contributed by atoms with E-state index in [0.717, 1.165) is 9.87 Å². The number of carbonyl (C=O) groups excluding carboxylic acids is 1. The molecule has 25 heavy (non-hydrogen) atoms. The summed E-state index contributed by atoms with van der Waals surface area (Å²) in [5.41, 5.74) is 0.914. The van der Waals surface area contributed by atoms with Crippen molar-refractivity contribution in [3.8, 4) is 0 Å². The standard InChI is InChI=1S/C17H24N2O5S/c1-4-5-6-13(11-20)15-16(24-3)18-17(21)19(15)25(22,23)14-9-7-12(2)8-10-14/h4-5,7-10,13,15-16,20H,6,11H2,1-3H3,(H,18,21)/b5-4+/t13-,15+,16+/m0/s1. The normalized spacial score (nSPS) is 22.4. The number of ether oxygens (including phenoxy) is 1. The van der Waals surface area contributed by atoms with Crippen molar-refractivity contribution >= 4 is 16.1 Å². The van der Waals surface area contributed by atoms with Crippen molar-refractivity contribution in [1.29, 1.82) is 0 Å². The fourth-order valence-corrected chi connectivity index (χ4v) is 4.47. The number of hydrogen-bond donors (Lipinski definition) is 2. The summed E-state index contributed by atoms with van der Waals surface area (Å²) in [7, 11) is -2.68. The van der Waals surface area contributed by atoms with Gasteiger partial charge < -0.3 is 15.2 Å². The van der Waals surface area contributed by atoms with Crippen LogP contribution < -0.4 is 5.32 Å². The monoisotopic (exact) mass is 368 g/mol. The van der Waals surface area contributed by atoms with Crippen LogP contribution in [0.3, 0.4) is 0 Å². The molecule has 1 heterocycles. The summed E-state index contributed by atoms with van der Waals surface area (Å²) in [6.45, 7) is 3.41. The van der Waals surface area contributed by atoms with Crippen LogP contribution in [0.4, 0.5) is 4.79 Å². The first-order chi connectivity index (χ1) is 11.9. The third kappa shape index (κ3) is 3.86. The van der Waals surface area contributed by atoms with Crippen molar-refractivity contribution in [2.75, 3.05) is 13.7 Å². The van der Waals surface area contributed by atoms with Crippen LogP contribution in [0.15, 0.2) is 41.3 Å². The summed E-state index contributed by atoms with van der Waals surface area (Å²) >= 11 is 0. The number of aryl methyl sites for hydroxylation is 1. The second-order valence-corrected chi connectivity index (χ2v) is 7.77. The lowest BCUT2D eigenvalue weighted by Crippen LogP contribution is -2.47. The Morgan fingerprint density at radius 1 is 1.36 bits per heavy atom. The zero-order valence-electron chi connectivity index (χ0n) is 14.5. The number of nitrogens with one attached hydrogen (secondary N) is 1. The summed E-state index contributed by atoms with van der Waals surface area (Å²) in [4.78, 5) is 12.4. The molecule has 0 spiro atoms. The van der Waals surface area contributed by atoms with Crippen molar-refractivity contribution in [2.24, 2.45) is 5.92 Å². The third-order valence-electron chi connectivity index (χ3n) is 4.27. The molecule has 3 atom stereocenters. The molecular formula is C17H24N2O5S. The largest absolute Gasteiger partial charge is 0.396 e. The quantitative estimate of drug-likeness (QED) is 0.713. The van der Waals surface area contributed by atoms with E-state index in [4.69, 9.17) is 4.74 Å². The summed E-state index contributed by atoms with van der Waals surface area (Å²) in [6.07, 6.45) is 3.24. The number of methoxy groups -OCH3 is 1. The topological polar surface area (TPSA) is 95.9 Å². The van der Waals surface area contributed by atoms with Gasteiger partial charge in [-0.25, -0.2) is 17.5 Å². The van der Waals surface area contributed by atoms with Crippen LogP contribution in [0, 0.1) is 12.8 Å². The lowest BCUT2D eigenvalue weighted by molar-refractivity contribution is 0.0321. The minimum atomic E-state index is -4.07. The molecule has 8 heteroatoms. The molecule has 0 saturated carbocycles. The first-order valence-corrected chi connectivity index (χ1v) is 9.47. The van der Waals surface area contributed by atoms with E-state index in [-0.39, 0.29) is 11.5 Å². The van der Waals surface area contributed by atoms with E-state index in [0.29, 0.717) is 6.42 Å². The van der Waals surface area contributed by atoms with Gasteiger partial charge in [0, 0.05) is 19.6 Å². The van der Waals surface area contributed by atoms with Crippen molar-refractivity contribution in [3.63, 3.8) is 0 Å². The summed E-state index contributed by atoms with van der Waals surface area (Å²) in [6, 6.07) is 4.69. The number of aliphatic hydroxyl groups excluding tert-OH is 1. The molecule has 1 aromatic rings. The summed E-state index contributed by atoms with van der Waals surface area (Å²) in [5.74, 6) is -0.486. The van der Waals surface area contributed by atoms with Gasteiger partial charge in [-0.3, -0.25) is 0 Å². The number of benzene rings is 1. The number of sulfonamides is 1. The Morgan fingerprint density at radius 3 is 2.52 bits per heavy atom. The number of aliphatic hydroxyl groups is 1. The molecule has 138 valence electrons. The van der Waals surface area contributed by atoms with E-state index in [1.54, 1.807) is 12.1 Å². The second-order valence-electron chi connectivity index (χ2n) is 5.96. The highest BCUT2D eigenvalue weighted by Crippen LogP contribution is 2.30. The molecule has 0 aromatic heterocycles. The number of rotatable bonds is 7. The van der Waals surface area contributed by atoms with Gasteiger partial charge in [0.1, 0.15) is 6.04 Å². The Hall–Kier alpha value is -1.90. The van der Waals surface area contributed by atoms with Crippen LogP contribution in [-0.2, 0) is 14.8 Å². The van der Waals surface area contributed by atoms with Gasteiger partial charge in [-0.2, -0.15) is 0 Å². The maximum atomic E-state index is 13.0. The molecule has 0 radical (unpaired) electrons. The second kappa shape index (κ2) is 7.99. The fraction of sp³-hybridized carbons (Fsp3) is 0.471. The predicted molar refractivity (Wildman–Crippen MR) is 93.3 cm³/mol. The molecule has 2 N–H and O–H groups in total. The predicted octanol–water partition coefficient (Wildman–Crippen LogP) is 1.62. The Bertz CT molecular complexity index is 730. The van der Waals surface area contributed by atoms with E-state index >= 15 is 0 Å². The molecule has 0 bridgehead atoms. The van der Waals surface area contributed by atoms with Gasteiger partial charge >= 0.3 is 6.03 Å². The minimum Gasteiger partial charge on any atom is -0.396 e. The van der Waals surface area contributed by atoms with Crippen molar-refractivity contribution < 1.29 is 23.1 Å². The summed E-state index contributed by atoms with van der Waals surface area (Å²) < 4.78 is 32.1. The van der Waals surface area contributed by atoms with E-state index < -0.39 is 34.2 Å². The van der Waals surface area contributed by atoms with Crippen molar-refractivity contribution in [3.05, 3.63) is 42.0 Å². The SMILES string of the molecule is C/C=C/C[C@@H](CO)[C@@H]1[C@@H](OC)NC(=O)N1S(=O)(=O)c1ccc(C)cc1. The number of amides is 2.